The quantitative estimate of drug-likeness (QED) is 0.645. The van der Waals surface area contributed by atoms with Crippen LogP contribution >= 0.6 is 0 Å². The summed E-state index contributed by atoms with van der Waals surface area (Å²) in [4.78, 5) is 0. The van der Waals surface area contributed by atoms with Crippen LogP contribution in [0.5, 0.6) is 0 Å². The van der Waals surface area contributed by atoms with Crippen molar-refractivity contribution < 1.29 is 5.11 Å². The van der Waals surface area contributed by atoms with Crippen molar-refractivity contribution in [1.29, 1.82) is 0 Å². The molecule has 1 heteroatoms. The molecule has 0 saturated heterocycles. The van der Waals surface area contributed by atoms with Gasteiger partial charge in [-0.15, -0.1) is 0 Å². The molecule has 4 aliphatic rings. The fourth-order valence-electron chi connectivity index (χ4n) is 5.17. The number of allylic oxidation sites excluding steroid dienone is 4. The Hall–Kier alpha value is -0.820. The maximum absolute atomic E-state index is 10.3. The van der Waals surface area contributed by atoms with Crippen molar-refractivity contribution >= 4 is 0 Å². The zero-order chi connectivity index (χ0) is 13.0. The summed E-state index contributed by atoms with van der Waals surface area (Å²) in [5, 5.41) is 10.3. The van der Waals surface area contributed by atoms with Crippen molar-refractivity contribution in [1.82, 2.24) is 0 Å². The summed E-state index contributed by atoms with van der Waals surface area (Å²) in [6, 6.07) is 0. The number of hydrogen-bond acceptors (Lipinski definition) is 1. The van der Waals surface area contributed by atoms with Crippen LogP contribution in [0.25, 0.3) is 0 Å². The SMILES string of the molecule is C[C@]12CC[C@@H]3C4=C(CC=CC4)CC[C@H]3C1=CC[C@H]2O. The summed E-state index contributed by atoms with van der Waals surface area (Å²) in [6.45, 7) is 2.30. The lowest BCUT2D eigenvalue weighted by atomic mass is 9.57. The van der Waals surface area contributed by atoms with Crippen LogP contribution in [0.15, 0.2) is 34.9 Å². The average Bonchev–Trinajstić information content (AvgIpc) is 2.75. The van der Waals surface area contributed by atoms with Gasteiger partial charge in [-0.3, -0.25) is 0 Å². The Morgan fingerprint density at radius 3 is 2.89 bits per heavy atom. The summed E-state index contributed by atoms with van der Waals surface area (Å²) in [5.74, 6) is 1.53. The van der Waals surface area contributed by atoms with Crippen LogP contribution in [0.2, 0.25) is 0 Å². The van der Waals surface area contributed by atoms with Gasteiger partial charge in [0.15, 0.2) is 0 Å². The first kappa shape index (κ1) is 12.0. The third-order valence-corrected chi connectivity index (χ3v) is 6.34. The van der Waals surface area contributed by atoms with Crippen LogP contribution in [-0.2, 0) is 0 Å². The summed E-state index contributed by atoms with van der Waals surface area (Å²) in [6.07, 6.45) is 15.4. The predicted octanol–water partition coefficient (Wildman–Crippen LogP) is 4.15. The lowest BCUT2D eigenvalue weighted by Crippen LogP contribution is -2.41. The largest absolute Gasteiger partial charge is 0.392 e. The van der Waals surface area contributed by atoms with E-state index in [9.17, 15) is 5.11 Å². The van der Waals surface area contributed by atoms with Crippen LogP contribution in [0.1, 0.15) is 51.9 Å². The summed E-state index contributed by atoms with van der Waals surface area (Å²) >= 11 is 0. The molecule has 1 N–H and O–H groups in total. The van der Waals surface area contributed by atoms with Crippen molar-refractivity contribution in [2.45, 2.75) is 58.0 Å². The van der Waals surface area contributed by atoms with Gasteiger partial charge in [0.1, 0.15) is 0 Å². The van der Waals surface area contributed by atoms with Crippen molar-refractivity contribution in [3.63, 3.8) is 0 Å². The van der Waals surface area contributed by atoms with E-state index in [4.69, 9.17) is 0 Å². The smallest absolute Gasteiger partial charge is 0.0665 e. The van der Waals surface area contributed by atoms with Crippen LogP contribution in [0, 0.1) is 17.3 Å². The van der Waals surface area contributed by atoms with E-state index in [1.54, 1.807) is 16.7 Å². The first-order valence-electron chi connectivity index (χ1n) is 7.94. The third-order valence-electron chi connectivity index (χ3n) is 6.34. The summed E-state index contributed by atoms with van der Waals surface area (Å²) in [7, 11) is 0. The molecule has 0 radical (unpaired) electrons. The maximum Gasteiger partial charge on any atom is 0.0665 e. The highest BCUT2D eigenvalue weighted by molar-refractivity contribution is 5.37. The van der Waals surface area contributed by atoms with Crippen molar-refractivity contribution in [2.24, 2.45) is 17.3 Å². The van der Waals surface area contributed by atoms with Gasteiger partial charge in [-0.2, -0.15) is 0 Å². The summed E-state index contributed by atoms with van der Waals surface area (Å²) in [5.41, 5.74) is 5.22. The molecule has 0 aliphatic heterocycles. The second kappa shape index (κ2) is 4.09. The van der Waals surface area contributed by atoms with E-state index in [1.807, 2.05) is 0 Å². The highest BCUT2D eigenvalue weighted by atomic mass is 16.3. The molecule has 0 aromatic carbocycles. The monoisotopic (exact) mass is 256 g/mol. The van der Waals surface area contributed by atoms with Crippen LogP contribution < -0.4 is 0 Å². The molecule has 1 fully saturated rings. The van der Waals surface area contributed by atoms with Gasteiger partial charge in [0, 0.05) is 5.41 Å². The Labute approximate surface area is 116 Å². The van der Waals surface area contributed by atoms with E-state index in [-0.39, 0.29) is 11.5 Å². The molecule has 0 bridgehead atoms. The molecule has 4 aliphatic carbocycles. The van der Waals surface area contributed by atoms with Gasteiger partial charge in [-0.1, -0.05) is 41.9 Å². The molecule has 0 unspecified atom stereocenters. The van der Waals surface area contributed by atoms with Crippen LogP contribution in [0.3, 0.4) is 0 Å². The van der Waals surface area contributed by atoms with E-state index < -0.39 is 0 Å². The predicted molar refractivity (Wildman–Crippen MR) is 77.7 cm³/mol. The normalized spacial score (nSPS) is 44.5. The Morgan fingerprint density at radius 2 is 2.00 bits per heavy atom. The zero-order valence-electron chi connectivity index (χ0n) is 11.9. The first-order chi connectivity index (χ1) is 9.20. The maximum atomic E-state index is 10.3. The summed E-state index contributed by atoms with van der Waals surface area (Å²) < 4.78 is 0. The van der Waals surface area contributed by atoms with Gasteiger partial charge in [0.05, 0.1) is 6.10 Å². The lowest BCUT2D eigenvalue weighted by Gasteiger charge is -2.48. The van der Waals surface area contributed by atoms with E-state index in [1.165, 1.54) is 38.5 Å². The van der Waals surface area contributed by atoms with Crippen molar-refractivity contribution in [3.05, 3.63) is 34.9 Å². The minimum Gasteiger partial charge on any atom is -0.392 e. The molecule has 102 valence electrons. The van der Waals surface area contributed by atoms with Gasteiger partial charge >= 0.3 is 0 Å². The molecule has 0 amide bonds. The topological polar surface area (TPSA) is 20.2 Å². The number of aliphatic hydroxyl groups is 1. The average molecular weight is 256 g/mol. The number of fused-ring (bicyclic) bond motifs is 4. The molecule has 0 heterocycles. The number of aliphatic hydroxyl groups excluding tert-OH is 1. The van der Waals surface area contributed by atoms with Crippen molar-refractivity contribution in [2.75, 3.05) is 0 Å². The molecule has 1 nitrogen and oxygen atoms in total. The second-order valence-electron chi connectivity index (χ2n) is 7.13. The molecule has 0 aromatic rings. The highest BCUT2D eigenvalue weighted by Gasteiger charge is 2.50. The minimum absolute atomic E-state index is 0.101. The Bertz CT molecular complexity index is 496. The van der Waals surface area contributed by atoms with E-state index in [0.29, 0.717) is 0 Å². The molecular weight excluding hydrogens is 232 g/mol. The molecular formula is C18H24O. The molecule has 19 heavy (non-hydrogen) atoms. The molecule has 0 spiro atoms. The lowest BCUT2D eigenvalue weighted by molar-refractivity contribution is 0.0421. The molecule has 4 atom stereocenters. The van der Waals surface area contributed by atoms with E-state index >= 15 is 0 Å². The Morgan fingerprint density at radius 1 is 1.16 bits per heavy atom. The van der Waals surface area contributed by atoms with Crippen molar-refractivity contribution in [3.8, 4) is 0 Å². The first-order valence-corrected chi connectivity index (χ1v) is 7.94. The second-order valence-corrected chi connectivity index (χ2v) is 7.13. The zero-order valence-corrected chi connectivity index (χ0v) is 11.9. The standard InChI is InChI=1S/C18H24O/c1-18-11-10-14-13-5-3-2-4-12(13)6-7-15(14)16(18)8-9-17(18)19/h2-3,8,14-15,17,19H,4-7,9-11H2,1H3/t14-,15-,17-,18+/m1/s1. The van der Waals surface area contributed by atoms with Gasteiger partial charge in [-0.05, 0) is 56.8 Å². The number of hydrogen-bond donors (Lipinski definition) is 1. The fraction of sp³-hybridized carbons (Fsp3) is 0.667. The Balaban J connectivity index is 1.70. The van der Waals surface area contributed by atoms with Gasteiger partial charge in [0.25, 0.3) is 0 Å². The van der Waals surface area contributed by atoms with Crippen LogP contribution in [-0.4, -0.2) is 11.2 Å². The minimum atomic E-state index is -0.120. The number of rotatable bonds is 0. The molecule has 4 rings (SSSR count). The third kappa shape index (κ3) is 1.57. The van der Waals surface area contributed by atoms with Gasteiger partial charge in [0.2, 0.25) is 0 Å². The van der Waals surface area contributed by atoms with Crippen LogP contribution in [0.4, 0.5) is 0 Å². The highest BCUT2D eigenvalue weighted by Crippen LogP contribution is 2.58. The van der Waals surface area contributed by atoms with E-state index in [0.717, 1.165) is 18.3 Å². The fourth-order valence-corrected chi connectivity index (χ4v) is 5.17. The molecule has 1 saturated carbocycles. The van der Waals surface area contributed by atoms with Gasteiger partial charge in [-0.25, -0.2) is 0 Å². The van der Waals surface area contributed by atoms with E-state index in [2.05, 4.69) is 25.2 Å². The van der Waals surface area contributed by atoms with Gasteiger partial charge < -0.3 is 5.11 Å². The Kier molecular flexibility index (Phi) is 2.57. The molecule has 0 aromatic heterocycles.